The van der Waals surface area contributed by atoms with Gasteiger partial charge in [0.15, 0.2) is 17.3 Å². The zero-order valence-corrected chi connectivity index (χ0v) is 11.6. The largest absolute Gasteiger partial charge is 0.512 e. The average Bonchev–Trinajstić information content (AvgIpc) is 2.25. The van der Waals surface area contributed by atoms with Crippen molar-refractivity contribution in [1.82, 2.24) is 0 Å². The maximum Gasteiger partial charge on any atom is 0.163 e. The van der Waals surface area contributed by atoms with E-state index in [2.05, 4.69) is 0 Å². The number of hydrogen-bond donors (Lipinski definition) is 1. The van der Waals surface area contributed by atoms with E-state index in [1.165, 1.54) is 45.9 Å². The van der Waals surface area contributed by atoms with E-state index in [1.54, 1.807) is 12.2 Å². The molecule has 0 saturated heterocycles. The molecular weight excluding hydrogens is 244 g/mol. The third-order valence-electron chi connectivity index (χ3n) is 2.28. The van der Waals surface area contributed by atoms with E-state index in [9.17, 15) is 19.5 Å². The number of carbonyl (C=O) groups excluding carboxylic acids is 3. The maximum atomic E-state index is 11.1. The summed E-state index contributed by atoms with van der Waals surface area (Å²) in [5, 5.41) is 9.26. The minimum absolute atomic E-state index is 0.0548. The lowest BCUT2D eigenvalue weighted by molar-refractivity contribution is -0.119. The molecule has 0 bridgehead atoms. The predicted molar refractivity (Wildman–Crippen MR) is 73.7 cm³/mol. The zero-order chi connectivity index (χ0) is 15.0. The average molecular weight is 262 g/mol. The molecule has 0 unspecified atom stereocenters. The second kappa shape index (κ2) is 7.97. The summed E-state index contributed by atoms with van der Waals surface area (Å²) in [6.45, 7) is 5.42. The van der Waals surface area contributed by atoms with E-state index in [0.29, 0.717) is 0 Å². The van der Waals surface area contributed by atoms with Crippen molar-refractivity contribution in [1.29, 1.82) is 0 Å². The summed E-state index contributed by atoms with van der Waals surface area (Å²) in [5.41, 5.74) is 0.331. The molecule has 19 heavy (non-hydrogen) atoms. The van der Waals surface area contributed by atoms with Crippen molar-refractivity contribution in [3.63, 3.8) is 0 Å². The van der Waals surface area contributed by atoms with Gasteiger partial charge in [0.25, 0.3) is 0 Å². The van der Waals surface area contributed by atoms with Crippen molar-refractivity contribution in [2.24, 2.45) is 0 Å². The molecule has 0 fully saturated rings. The maximum absolute atomic E-state index is 11.1. The van der Waals surface area contributed by atoms with Gasteiger partial charge < -0.3 is 5.11 Å². The first-order valence-corrected chi connectivity index (χ1v) is 5.75. The first kappa shape index (κ1) is 16.8. The van der Waals surface area contributed by atoms with Gasteiger partial charge in [-0.3, -0.25) is 14.4 Å². The van der Waals surface area contributed by atoms with Crippen molar-refractivity contribution in [3.05, 3.63) is 47.3 Å². The third-order valence-corrected chi connectivity index (χ3v) is 2.28. The molecule has 0 aromatic carbocycles. The molecule has 0 spiro atoms. The SMILES string of the molecule is CC(=O)C(=C/C=C/C=C/C(C(C)=O)=C(\C)O)C(C)=O. The molecule has 1 N–H and O–H groups in total. The van der Waals surface area contributed by atoms with Crippen LogP contribution in [0, 0.1) is 0 Å². The first-order chi connectivity index (χ1) is 8.77. The highest BCUT2D eigenvalue weighted by Crippen LogP contribution is 2.05. The van der Waals surface area contributed by atoms with Crippen LogP contribution in [0.3, 0.4) is 0 Å². The van der Waals surface area contributed by atoms with E-state index in [4.69, 9.17) is 0 Å². The van der Waals surface area contributed by atoms with Gasteiger partial charge in [0.2, 0.25) is 0 Å². The summed E-state index contributed by atoms with van der Waals surface area (Å²) >= 11 is 0. The van der Waals surface area contributed by atoms with E-state index in [-0.39, 0.29) is 34.3 Å². The van der Waals surface area contributed by atoms with Crippen molar-refractivity contribution in [2.75, 3.05) is 0 Å². The van der Waals surface area contributed by atoms with Crippen LogP contribution in [-0.2, 0) is 14.4 Å². The molecule has 4 heteroatoms. The van der Waals surface area contributed by atoms with E-state index in [0.717, 1.165) is 0 Å². The zero-order valence-electron chi connectivity index (χ0n) is 11.6. The van der Waals surface area contributed by atoms with Crippen LogP contribution in [0.25, 0.3) is 0 Å². The van der Waals surface area contributed by atoms with Crippen molar-refractivity contribution < 1.29 is 19.5 Å². The van der Waals surface area contributed by atoms with E-state index >= 15 is 0 Å². The summed E-state index contributed by atoms with van der Waals surface area (Å²) in [4.78, 5) is 33.4. The van der Waals surface area contributed by atoms with Gasteiger partial charge in [0, 0.05) is 0 Å². The van der Waals surface area contributed by atoms with Gasteiger partial charge in [-0.05, 0) is 39.8 Å². The highest BCUT2D eigenvalue weighted by Gasteiger charge is 2.06. The van der Waals surface area contributed by atoms with Crippen LogP contribution in [0.4, 0.5) is 0 Å². The van der Waals surface area contributed by atoms with Crippen molar-refractivity contribution >= 4 is 17.3 Å². The van der Waals surface area contributed by atoms with Crippen LogP contribution in [-0.4, -0.2) is 22.5 Å². The summed E-state index contributed by atoms with van der Waals surface area (Å²) in [5.74, 6) is -0.887. The Kier molecular flexibility index (Phi) is 7.04. The topological polar surface area (TPSA) is 71.4 Å². The van der Waals surface area contributed by atoms with Crippen LogP contribution < -0.4 is 0 Å². The fourth-order valence-electron chi connectivity index (χ4n) is 1.34. The predicted octanol–water partition coefficient (Wildman–Crippen LogP) is 2.62. The highest BCUT2D eigenvalue weighted by atomic mass is 16.3. The minimum Gasteiger partial charge on any atom is -0.512 e. The molecule has 102 valence electrons. The number of rotatable bonds is 6. The van der Waals surface area contributed by atoms with Crippen LogP contribution in [0.2, 0.25) is 0 Å². The Hall–Kier alpha value is -2.23. The summed E-state index contributed by atoms with van der Waals surface area (Å²) in [6.07, 6.45) is 7.52. The number of aliphatic hydroxyl groups excluding tert-OH is 1. The van der Waals surface area contributed by atoms with Gasteiger partial charge in [0.1, 0.15) is 0 Å². The van der Waals surface area contributed by atoms with E-state index in [1.807, 2.05) is 0 Å². The fourth-order valence-corrected chi connectivity index (χ4v) is 1.34. The molecule has 0 heterocycles. The standard InChI is InChI=1S/C15H18O4/c1-10(16)14(11(2)17)8-6-5-7-9-15(12(3)18)13(4)19/h5-9,16H,1-4H3/b7-5+,8-6+,14-10-. The molecule has 0 aliphatic heterocycles. The Morgan fingerprint density at radius 2 is 1.32 bits per heavy atom. The van der Waals surface area contributed by atoms with Gasteiger partial charge in [-0.25, -0.2) is 0 Å². The number of aliphatic hydroxyl groups is 1. The number of hydrogen-bond acceptors (Lipinski definition) is 4. The number of allylic oxidation sites excluding steroid dienone is 8. The summed E-state index contributed by atoms with van der Waals surface area (Å²) in [6, 6.07) is 0. The number of Topliss-reactive ketones (excluding diaryl/α,β-unsaturated/α-hetero) is 3. The lowest BCUT2D eigenvalue weighted by atomic mass is 10.1. The minimum atomic E-state index is -0.295. The molecule has 0 atom stereocenters. The molecule has 0 rings (SSSR count). The second-order valence-electron chi connectivity index (χ2n) is 3.99. The molecule has 0 aromatic heterocycles. The van der Waals surface area contributed by atoms with Crippen LogP contribution >= 0.6 is 0 Å². The quantitative estimate of drug-likeness (QED) is 0.262. The molecule has 0 aromatic rings. The third kappa shape index (κ3) is 6.31. The summed E-state index contributed by atoms with van der Waals surface area (Å²) in [7, 11) is 0. The van der Waals surface area contributed by atoms with Gasteiger partial charge in [0.05, 0.1) is 16.9 Å². The Morgan fingerprint density at radius 3 is 1.68 bits per heavy atom. The molecule has 0 aliphatic rings. The van der Waals surface area contributed by atoms with Crippen molar-refractivity contribution in [3.8, 4) is 0 Å². The molecule has 4 nitrogen and oxygen atoms in total. The molecule has 0 saturated carbocycles. The van der Waals surface area contributed by atoms with E-state index < -0.39 is 0 Å². The normalized spacial score (nSPS) is 12.4. The Labute approximate surface area is 112 Å². The van der Waals surface area contributed by atoms with Crippen molar-refractivity contribution in [2.45, 2.75) is 27.7 Å². The van der Waals surface area contributed by atoms with Crippen LogP contribution in [0.15, 0.2) is 47.3 Å². The lowest BCUT2D eigenvalue weighted by Gasteiger charge is -1.96. The van der Waals surface area contributed by atoms with Gasteiger partial charge in [-0.15, -0.1) is 0 Å². The Balaban J connectivity index is 4.91. The summed E-state index contributed by atoms with van der Waals surface area (Å²) < 4.78 is 0. The monoisotopic (exact) mass is 262 g/mol. The molecular formula is C15H18O4. The van der Waals surface area contributed by atoms with Gasteiger partial charge in [-0.1, -0.05) is 18.2 Å². The second-order valence-corrected chi connectivity index (χ2v) is 3.99. The molecule has 0 aliphatic carbocycles. The van der Waals surface area contributed by atoms with Crippen LogP contribution in [0.1, 0.15) is 27.7 Å². The number of carbonyl (C=O) groups is 3. The first-order valence-electron chi connectivity index (χ1n) is 5.75. The molecule has 0 amide bonds. The Bertz CT molecular complexity index is 482. The number of ketones is 3. The fraction of sp³-hybridized carbons (Fsp3) is 0.267. The van der Waals surface area contributed by atoms with Gasteiger partial charge >= 0.3 is 0 Å². The van der Waals surface area contributed by atoms with Gasteiger partial charge in [-0.2, -0.15) is 0 Å². The highest BCUT2D eigenvalue weighted by molar-refractivity contribution is 6.18. The Morgan fingerprint density at radius 1 is 0.789 bits per heavy atom. The molecule has 0 radical (unpaired) electrons. The van der Waals surface area contributed by atoms with Crippen LogP contribution in [0.5, 0.6) is 0 Å². The smallest absolute Gasteiger partial charge is 0.163 e. The lowest BCUT2D eigenvalue weighted by Crippen LogP contribution is -2.05.